The lowest BCUT2D eigenvalue weighted by Crippen LogP contribution is -2.22. The molecule has 0 radical (unpaired) electrons. The van der Waals surface area contributed by atoms with Crippen LogP contribution in [0.3, 0.4) is 0 Å². The highest BCUT2D eigenvalue weighted by Gasteiger charge is 2.25. The van der Waals surface area contributed by atoms with Gasteiger partial charge in [-0.3, -0.25) is 9.59 Å². The molecule has 1 aliphatic rings. The SMILES string of the molecule is COc1cc(NC(=O)C2CCCC2)c(C(=O)OCc2ccc(C(N)=O)cc2)cc1OC. The van der Waals surface area contributed by atoms with Gasteiger partial charge < -0.3 is 25.3 Å². The smallest absolute Gasteiger partial charge is 0.340 e. The van der Waals surface area contributed by atoms with E-state index in [1.807, 2.05) is 0 Å². The Hall–Kier alpha value is -3.55. The van der Waals surface area contributed by atoms with E-state index in [1.165, 1.54) is 20.3 Å². The number of benzene rings is 2. The first kappa shape index (κ1) is 22.1. The number of methoxy groups -OCH3 is 2. The predicted molar refractivity (Wildman–Crippen MR) is 114 cm³/mol. The van der Waals surface area contributed by atoms with Crippen LogP contribution in [0, 0.1) is 5.92 Å². The van der Waals surface area contributed by atoms with Crippen LogP contribution in [-0.2, 0) is 16.1 Å². The number of rotatable bonds is 8. The van der Waals surface area contributed by atoms with Crippen LogP contribution in [0.4, 0.5) is 5.69 Å². The Labute approximate surface area is 180 Å². The van der Waals surface area contributed by atoms with Crippen LogP contribution in [0.1, 0.15) is 52.0 Å². The van der Waals surface area contributed by atoms with Gasteiger partial charge in [-0.05, 0) is 30.5 Å². The molecule has 2 amide bonds. The number of primary amides is 1. The summed E-state index contributed by atoms with van der Waals surface area (Å²) in [7, 11) is 2.94. The first-order valence-electron chi connectivity index (χ1n) is 10.1. The molecule has 1 saturated carbocycles. The number of hydrogen-bond acceptors (Lipinski definition) is 6. The third-order valence-corrected chi connectivity index (χ3v) is 5.34. The molecule has 0 saturated heterocycles. The van der Waals surface area contributed by atoms with Crippen LogP contribution in [0.15, 0.2) is 36.4 Å². The summed E-state index contributed by atoms with van der Waals surface area (Å²) in [5, 5.41) is 2.85. The number of carbonyl (C=O) groups is 3. The number of hydrogen-bond donors (Lipinski definition) is 2. The van der Waals surface area contributed by atoms with Gasteiger partial charge in [-0.1, -0.05) is 25.0 Å². The maximum Gasteiger partial charge on any atom is 0.340 e. The molecule has 0 spiro atoms. The minimum atomic E-state index is -0.623. The normalized spacial score (nSPS) is 13.5. The fourth-order valence-corrected chi connectivity index (χ4v) is 3.57. The van der Waals surface area contributed by atoms with Crippen molar-refractivity contribution in [2.75, 3.05) is 19.5 Å². The molecule has 1 aliphatic carbocycles. The van der Waals surface area contributed by atoms with E-state index in [2.05, 4.69) is 5.32 Å². The number of amides is 2. The van der Waals surface area contributed by atoms with Gasteiger partial charge in [-0.15, -0.1) is 0 Å². The van der Waals surface area contributed by atoms with Crippen molar-refractivity contribution in [2.45, 2.75) is 32.3 Å². The molecule has 0 aromatic heterocycles. The van der Waals surface area contributed by atoms with Crippen molar-refractivity contribution in [3.05, 3.63) is 53.1 Å². The fraction of sp³-hybridized carbons (Fsp3) is 0.348. The number of nitrogens with two attached hydrogens (primary N) is 1. The summed E-state index contributed by atoms with van der Waals surface area (Å²) in [6, 6.07) is 9.49. The van der Waals surface area contributed by atoms with E-state index in [-0.39, 0.29) is 24.0 Å². The standard InChI is InChI=1S/C23H26N2O6/c1-29-19-11-17(23(28)31-13-14-7-9-15(10-8-14)21(24)26)18(12-20(19)30-2)25-22(27)16-5-3-4-6-16/h7-12,16H,3-6,13H2,1-2H3,(H2,24,26)(H,25,27). The summed E-state index contributed by atoms with van der Waals surface area (Å²) in [4.78, 5) is 36.7. The zero-order valence-corrected chi connectivity index (χ0v) is 17.6. The minimum absolute atomic E-state index is 0.0117. The molecule has 8 nitrogen and oxygen atoms in total. The Morgan fingerprint density at radius 3 is 2.19 bits per heavy atom. The average molecular weight is 426 g/mol. The van der Waals surface area contributed by atoms with Gasteiger partial charge >= 0.3 is 5.97 Å². The summed E-state index contributed by atoms with van der Waals surface area (Å²) in [5.41, 5.74) is 6.76. The van der Waals surface area contributed by atoms with Gasteiger partial charge in [0.2, 0.25) is 11.8 Å². The Kier molecular flexibility index (Phi) is 7.12. The topological polar surface area (TPSA) is 117 Å². The van der Waals surface area contributed by atoms with Crippen molar-refractivity contribution in [2.24, 2.45) is 11.7 Å². The van der Waals surface area contributed by atoms with Crippen molar-refractivity contribution in [1.82, 2.24) is 0 Å². The molecule has 0 atom stereocenters. The predicted octanol–water partition coefficient (Wildman–Crippen LogP) is 3.29. The molecule has 0 heterocycles. The first-order valence-corrected chi connectivity index (χ1v) is 10.1. The van der Waals surface area contributed by atoms with Crippen LogP contribution in [0.2, 0.25) is 0 Å². The van der Waals surface area contributed by atoms with Crippen molar-refractivity contribution in [3.63, 3.8) is 0 Å². The number of anilines is 1. The summed E-state index contributed by atoms with van der Waals surface area (Å²) in [5.74, 6) is -0.610. The molecule has 0 bridgehead atoms. The van der Waals surface area contributed by atoms with Gasteiger partial charge in [-0.25, -0.2) is 4.79 Å². The molecule has 164 valence electrons. The highest BCUT2D eigenvalue weighted by molar-refractivity contribution is 6.02. The Morgan fingerprint density at radius 2 is 1.61 bits per heavy atom. The molecule has 3 rings (SSSR count). The monoisotopic (exact) mass is 426 g/mol. The molecule has 0 unspecified atom stereocenters. The second-order valence-electron chi connectivity index (χ2n) is 7.36. The molecule has 2 aromatic carbocycles. The first-order chi connectivity index (χ1) is 14.9. The van der Waals surface area contributed by atoms with Gasteiger partial charge in [0.25, 0.3) is 0 Å². The van der Waals surface area contributed by atoms with Crippen LogP contribution in [-0.4, -0.2) is 32.0 Å². The molecule has 31 heavy (non-hydrogen) atoms. The molecular formula is C23H26N2O6. The highest BCUT2D eigenvalue weighted by atomic mass is 16.5. The second kappa shape index (κ2) is 9.97. The maximum absolute atomic E-state index is 12.8. The fourth-order valence-electron chi connectivity index (χ4n) is 3.57. The van der Waals surface area contributed by atoms with Crippen LogP contribution in [0.5, 0.6) is 11.5 Å². The molecule has 3 N–H and O–H groups in total. The van der Waals surface area contributed by atoms with Gasteiger partial charge in [0.05, 0.1) is 25.5 Å². The lowest BCUT2D eigenvalue weighted by atomic mass is 10.1. The lowest BCUT2D eigenvalue weighted by molar-refractivity contribution is -0.119. The molecular weight excluding hydrogens is 400 g/mol. The number of esters is 1. The summed E-state index contributed by atoms with van der Waals surface area (Å²) < 4.78 is 16.0. The highest BCUT2D eigenvalue weighted by Crippen LogP contribution is 2.35. The summed E-state index contributed by atoms with van der Waals surface area (Å²) in [6.07, 6.45) is 3.71. The largest absolute Gasteiger partial charge is 0.493 e. The van der Waals surface area contributed by atoms with Crippen LogP contribution in [0.25, 0.3) is 0 Å². The van der Waals surface area contributed by atoms with Gasteiger partial charge in [0.1, 0.15) is 6.61 Å². The van der Waals surface area contributed by atoms with Gasteiger partial charge in [0.15, 0.2) is 11.5 Å². The van der Waals surface area contributed by atoms with Gasteiger partial charge in [0, 0.05) is 23.6 Å². The van der Waals surface area contributed by atoms with E-state index in [9.17, 15) is 14.4 Å². The van der Waals surface area contributed by atoms with Crippen molar-refractivity contribution in [1.29, 1.82) is 0 Å². The Balaban J connectivity index is 1.80. The van der Waals surface area contributed by atoms with Gasteiger partial charge in [-0.2, -0.15) is 0 Å². The van der Waals surface area contributed by atoms with E-state index < -0.39 is 11.9 Å². The lowest BCUT2D eigenvalue weighted by Gasteiger charge is -2.17. The third-order valence-electron chi connectivity index (χ3n) is 5.34. The quantitative estimate of drug-likeness (QED) is 0.626. The number of carbonyl (C=O) groups excluding carboxylic acids is 3. The molecule has 0 aliphatic heterocycles. The van der Waals surface area contributed by atoms with E-state index in [0.29, 0.717) is 28.3 Å². The molecule has 8 heteroatoms. The number of nitrogens with one attached hydrogen (secondary N) is 1. The van der Waals surface area contributed by atoms with Crippen molar-refractivity contribution in [3.8, 4) is 11.5 Å². The minimum Gasteiger partial charge on any atom is -0.493 e. The van der Waals surface area contributed by atoms with E-state index in [4.69, 9.17) is 19.9 Å². The van der Waals surface area contributed by atoms with E-state index >= 15 is 0 Å². The van der Waals surface area contributed by atoms with Crippen LogP contribution >= 0.6 is 0 Å². The zero-order valence-electron chi connectivity index (χ0n) is 17.6. The Bertz CT molecular complexity index is 965. The average Bonchev–Trinajstić information content (AvgIpc) is 3.32. The summed E-state index contributed by atoms with van der Waals surface area (Å²) >= 11 is 0. The molecule has 1 fully saturated rings. The second-order valence-corrected chi connectivity index (χ2v) is 7.36. The number of ether oxygens (including phenoxy) is 3. The Morgan fingerprint density at radius 1 is 1.00 bits per heavy atom. The maximum atomic E-state index is 12.8. The van der Waals surface area contributed by atoms with Crippen molar-refractivity contribution >= 4 is 23.5 Å². The third kappa shape index (κ3) is 5.33. The summed E-state index contributed by atoms with van der Waals surface area (Å²) in [6.45, 7) is -0.0117. The zero-order chi connectivity index (χ0) is 22.4. The van der Waals surface area contributed by atoms with E-state index in [0.717, 1.165) is 25.7 Å². The van der Waals surface area contributed by atoms with Crippen molar-refractivity contribution < 1.29 is 28.6 Å². The molecule has 2 aromatic rings. The van der Waals surface area contributed by atoms with E-state index in [1.54, 1.807) is 30.3 Å². The van der Waals surface area contributed by atoms with Crippen LogP contribution < -0.4 is 20.5 Å².